The number of anilines is 1. The minimum atomic E-state index is -3.47. The maximum atomic E-state index is 13.1. The van der Waals surface area contributed by atoms with Gasteiger partial charge in [0.2, 0.25) is 15.9 Å². The normalized spacial score (nSPS) is 18.2. The van der Waals surface area contributed by atoms with Gasteiger partial charge in [-0.15, -0.1) is 0 Å². The molecule has 28 heavy (non-hydrogen) atoms. The van der Waals surface area contributed by atoms with Crippen LogP contribution in [0.5, 0.6) is 0 Å². The maximum Gasteiger partial charge on any atom is 0.239 e. The highest BCUT2D eigenvalue weighted by molar-refractivity contribution is 7.93. The number of amides is 1. The van der Waals surface area contributed by atoms with Gasteiger partial charge in [-0.25, -0.2) is 8.42 Å². The van der Waals surface area contributed by atoms with E-state index in [4.69, 9.17) is 0 Å². The van der Waals surface area contributed by atoms with Gasteiger partial charge in [0, 0.05) is 24.7 Å². The standard InChI is InChI=1S/C22H24N2O3S/c25-22(23-20-8-2-1-3-9-20)18-12-14-24(15-13-18)28(26,27)21-11-10-17-6-4-5-7-19(17)16-21/h1-9,16,18H,10-15H2,(H,23,25). The van der Waals surface area contributed by atoms with Crippen molar-refractivity contribution in [2.75, 3.05) is 18.4 Å². The van der Waals surface area contributed by atoms with Crippen LogP contribution in [0.25, 0.3) is 6.08 Å². The summed E-state index contributed by atoms with van der Waals surface area (Å²) in [5.74, 6) is -0.193. The second kappa shape index (κ2) is 7.89. The summed E-state index contributed by atoms with van der Waals surface area (Å²) in [7, 11) is -3.47. The Bertz CT molecular complexity index is 991. The number of allylic oxidation sites excluding steroid dienone is 1. The predicted octanol–water partition coefficient (Wildman–Crippen LogP) is 3.65. The van der Waals surface area contributed by atoms with Crippen molar-refractivity contribution in [3.05, 3.63) is 70.6 Å². The number of nitrogens with zero attached hydrogens (tertiary/aromatic N) is 1. The number of para-hydroxylation sites is 1. The molecule has 1 saturated heterocycles. The minimum Gasteiger partial charge on any atom is -0.326 e. The van der Waals surface area contributed by atoms with Crippen molar-refractivity contribution < 1.29 is 13.2 Å². The highest BCUT2D eigenvalue weighted by Crippen LogP contribution is 2.31. The second-order valence-corrected chi connectivity index (χ2v) is 9.33. The predicted molar refractivity (Wildman–Crippen MR) is 111 cm³/mol. The zero-order chi connectivity index (χ0) is 19.6. The fourth-order valence-corrected chi connectivity index (χ4v) is 5.56. The first-order chi connectivity index (χ1) is 13.5. The van der Waals surface area contributed by atoms with E-state index in [2.05, 4.69) is 5.32 Å². The van der Waals surface area contributed by atoms with Gasteiger partial charge in [0.05, 0.1) is 4.91 Å². The summed E-state index contributed by atoms with van der Waals surface area (Å²) in [4.78, 5) is 13.0. The third-order valence-electron chi connectivity index (χ3n) is 5.55. The highest BCUT2D eigenvalue weighted by Gasteiger charge is 2.34. The van der Waals surface area contributed by atoms with Crippen molar-refractivity contribution in [1.29, 1.82) is 0 Å². The Morgan fingerprint density at radius 2 is 1.61 bits per heavy atom. The lowest BCUT2D eigenvalue weighted by Gasteiger charge is -2.32. The molecule has 0 unspecified atom stereocenters. The summed E-state index contributed by atoms with van der Waals surface area (Å²) < 4.78 is 27.7. The summed E-state index contributed by atoms with van der Waals surface area (Å²) in [6.45, 7) is 0.766. The number of benzene rings is 2. The van der Waals surface area contributed by atoms with Crippen molar-refractivity contribution >= 4 is 27.7 Å². The van der Waals surface area contributed by atoms with Gasteiger partial charge in [-0.1, -0.05) is 42.5 Å². The van der Waals surface area contributed by atoms with E-state index in [9.17, 15) is 13.2 Å². The maximum absolute atomic E-state index is 13.1. The SMILES string of the molecule is O=C(Nc1ccccc1)C1CCN(S(=O)(=O)C2=Cc3ccccc3CC2)CC1. The number of hydrogen-bond donors (Lipinski definition) is 1. The number of hydrogen-bond acceptors (Lipinski definition) is 3. The molecule has 0 radical (unpaired) electrons. The molecule has 0 saturated carbocycles. The van der Waals surface area contributed by atoms with Gasteiger partial charge in [0.1, 0.15) is 0 Å². The number of piperidine rings is 1. The van der Waals surface area contributed by atoms with E-state index < -0.39 is 10.0 Å². The van der Waals surface area contributed by atoms with Crippen molar-refractivity contribution in [1.82, 2.24) is 4.31 Å². The van der Waals surface area contributed by atoms with Crippen molar-refractivity contribution in [2.24, 2.45) is 5.92 Å². The van der Waals surface area contributed by atoms with E-state index in [-0.39, 0.29) is 11.8 Å². The van der Waals surface area contributed by atoms with Gasteiger partial charge in [-0.2, -0.15) is 4.31 Å². The van der Waals surface area contributed by atoms with Crippen LogP contribution >= 0.6 is 0 Å². The first kappa shape index (κ1) is 18.9. The zero-order valence-corrected chi connectivity index (χ0v) is 16.5. The molecule has 0 aromatic heterocycles. The average Bonchev–Trinajstić information content (AvgIpc) is 2.74. The molecule has 0 atom stereocenters. The van der Waals surface area contributed by atoms with Crippen molar-refractivity contribution in [3.63, 3.8) is 0 Å². The number of nitrogens with one attached hydrogen (secondary N) is 1. The molecule has 1 N–H and O–H groups in total. The van der Waals surface area contributed by atoms with E-state index in [0.717, 1.165) is 17.7 Å². The summed E-state index contributed by atoms with van der Waals surface area (Å²) in [5, 5.41) is 2.92. The first-order valence-corrected chi connectivity index (χ1v) is 11.1. The van der Waals surface area contributed by atoms with E-state index in [1.54, 1.807) is 4.31 Å². The Morgan fingerprint density at radius 3 is 2.36 bits per heavy atom. The Morgan fingerprint density at radius 1 is 0.929 bits per heavy atom. The lowest BCUT2D eigenvalue weighted by atomic mass is 9.97. The molecular formula is C22H24N2O3S. The van der Waals surface area contributed by atoms with Crippen LogP contribution in [0.3, 0.4) is 0 Å². The number of carbonyl (C=O) groups excluding carboxylic acids is 1. The highest BCUT2D eigenvalue weighted by atomic mass is 32.2. The van der Waals surface area contributed by atoms with Crippen LogP contribution in [0, 0.1) is 5.92 Å². The van der Waals surface area contributed by atoms with Gasteiger partial charge in [-0.3, -0.25) is 4.79 Å². The minimum absolute atomic E-state index is 0.0333. The van der Waals surface area contributed by atoms with Gasteiger partial charge in [0.15, 0.2) is 0 Å². The van der Waals surface area contributed by atoms with Crippen LogP contribution in [-0.2, 0) is 21.2 Å². The molecule has 1 amide bonds. The van der Waals surface area contributed by atoms with E-state index in [0.29, 0.717) is 37.3 Å². The lowest BCUT2D eigenvalue weighted by Crippen LogP contribution is -2.42. The van der Waals surface area contributed by atoms with Gasteiger partial charge >= 0.3 is 0 Å². The molecule has 2 aromatic carbocycles. The van der Waals surface area contributed by atoms with Crippen LogP contribution in [0.15, 0.2) is 59.5 Å². The molecule has 2 aromatic rings. The summed E-state index contributed by atoms with van der Waals surface area (Å²) in [5.41, 5.74) is 2.95. The monoisotopic (exact) mass is 396 g/mol. The Hall–Kier alpha value is -2.44. The topological polar surface area (TPSA) is 66.5 Å². The van der Waals surface area contributed by atoms with Crippen LogP contribution in [-0.4, -0.2) is 31.7 Å². The lowest BCUT2D eigenvalue weighted by molar-refractivity contribution is -0.120. The number of sulfonamides is 1. The third-order valence-corrected chi connectivity index (χ3v) is 7.58. The molecule has 2 aliphatic rings. The van der Waals surface area contributed by atoms with E-state index in [1.807, 2.05) is 60.7 Å². The van der Waals surface area contributed by atoms with Crippen LogP contribution < -0.4 is 5.32 Å². The fraction of sp³-hybridized carbons (Fsp3) is 0.318. The van der Waals surface area contributed by atoms with Crippen LogP contribution in [0.4, 0.5) is 5.69 Å². The first-order valence-electron chi connectivity index (χ1n) is 9.68. The Kier molecular flexibility index (Phi) is 5.33. The molecule has 1 fully saturated rings. The van der Waals surface area contributed by atoms with Crippen LogP contribution in [0.2, 0.25) is 0 Å². The van der Waals surface area contributed by atoms with Gasteiger partial charge in [-0.05, 0) is 55.0 Å². The molecular weight excluding hydrogens is 372 g/mol. The molecule has 6 heteroatoms. The molecule has 1 aliphatic carbocycles. The summed E-state index contributed by atoms with van der Waals surface area (Å²) in [6, 6.07) is 17.3. The molecule has 146 valence electrons. The Labute approximate surface area is 166 Å². The molecule has 1 aliphatic heterocycles. The van der Waals surface area contributed by atoms with Gasteiger partial charge in [0.25, 0.3) is 0 Å². The largest absolute Gasteiger partial charge is 0.326 e. The number of fused-ring (bicyclic) bond motifs is 1. The van der Waals surface area contributed by atoms with Crippen molar-refractivity contribution in [3.8, 4) is 0 Å². The zero-order valence-electron chi connectivity index (χ0n) is 15.7. The quantitative estimate of drug-likeness (QED) is 0.858. The third kappa shape index (κ3) is 3.88. The molecule has 1 heterocycles. The number of aryl methyl sites for hydroxylation is 1. The van der Waals surface area contributed by atoms with E-state index >= 15 is 0 Å². The Balaban J connectivity index is 1.41. The molecule has 5 nitrogen and oxygen atoms in total. The van der Waals surface area contributed by atoms with Crippen molar-refractivity contribution in [2.45, 2.75) is 25.7 Å². The second-order valence-electron chi connectivity index (χ2n) is 7.34. The number of rotatable bonds is 4. The molecule has 0 spiro atoms. The molecule has 0 bridgehead atoms. The van der Waals surface area contributed by atoms with Crippen LogP contribution in [0.1, 0.15) is 30.4 Å². The molecule has 4 rings (SSSR count). The fourth-order valence-electron chi connectivity index (χ4n) is 3.90. The summed E-state index contributed by atoms with van der Waals surface area (Å²) >= 11 is 0. The number of carbonyl (C=O) groups is 1. The van der Waals surface area contributed by atoms with Gasteiger partial charge < -0.3 is 5.32 Å². The smallest absolute Gasteiger partial charge is 0.239 e. The average molecular weight is 397 g/mol. The van der Waals surface area contributed by atoms with E-state index in [1.165, 1.54) is 5.56 Å². The summed E-state index contributed by atoms with van der Waals surface area (Å²) in [6.07, 6.45) is 4.18.